The summed E-state index contributed by atoms with van der Waals surface area (Å²) in [5.74, 6) is -1.10. The second kappa shape index (κ2) is 6.63. The lowest BCUT2D eigenvalue weighted by molar-refractivity contribution is -0.116. The van der Waals surface area contributed by atoms with Crippen LogP contribution in [0.5, 0.6) is 0 Å². The van der Waals surface area contributed by atoms with Crippen LogP contribution in [0, 0.1) is 5.82 Å². The summed E-state index contributed by atoms with van der Waals surface area (Å²) in [5.41, 5.74) is 0.0583. The smallest absolute Gasteiger partial charge is 0.224 e. The Balaban J connectivity index is 1.88. The minimum Gasteiger partial charge on any atom is -0.324 e. The van der Waals surface area contributed by atoms with Crippen LogP contribution in [0.3, 0.4) is 0 Å². The van der Waals surface area contributed by atoms with Crippen LogP contribution in [-0.2, 0) is 4.79 Å². The lowest BCUT2D eigenvalue weighted by Gasteiger charge is -2.06. The van der Waals surface area contributed by atoms with Gasteiger partial charge in [0.15, 0.2) is 5.78 Å². The summed E-state index contributed by atoms with van der Waals surface area (Å²) in [6.45, 7) is 0. The van der Waals surface area contributed by atoms with Gasteiger partial charge in [-0.15, -0.1) is 11.3 Å². The zero-order valence-corrected chi connectivity index (χ0v) is 11.9. The molecule has 0 aliphatic heterocycles. The number of amides is 1. The molecule has 2 rings (SSSR count). The lowest BCUT2D eigenvalue weighted by Crippen LogP contribution is -2.14. The van der Waals surface area contributed by atoms with Gasteiger partial charge in [0.05, 0.1) is 10.6 Å². The lowest BCUT2D eigenvalue weighted by atomic mass is 10.2. The topological polar surface area (TPSA) is 46.2 Å². The van der Waals surface area contributed by atoms with Gasteiger partial charge >= 0.3 is 0 Å². The molecule has 3 nitrogen and oxygen atoms in total. The van der Waals surface area contributed by atoms with Crippen molar-refractivity contribution in [3.05, 3.63) is 51.4 Å². The highest BCUT2D eigenvalue weighted by Gasteiger charge is 2.11. The average molecular weight is 312 g/mol. The summed E-state index contributed by atoms with van der Waals surface area (Å²) < 4.78 is 13.5. The molecule has 0 saturated heterocycles. The monoisotopic (exact) mass is 311 g/mol. The molecule has 0 bridgehead atoms. The van der Waals surface area contributed by atoms with Gasteiger partial charge in [0.2, 0.25) is 5.91 Å². The highest BCUT2D eigenvalue weighted by molar-refractivity contribution is 7.12. The Kier molecular flexibility index (Phi) is 4.87. The van der Waals surface area contributed by atoms with Crippen molar-refractivity contribution in [1.29, 1.82) is 0 Å². The number of carbonyl (C=O) groups is 2. The molecule has 0 saturated carbocycles. The molecule has 0 radical (unpaired) electrons. The third-order valence-electron chi connectivity index (χ3n) is 2.58. The van der Waals surface area contributed by atoms with Crippen molar-refractivity contribution in [2.75, 3.05) is 5.32 Å². The Morgan fingerprint density at radius 3 is 2.70 bits per heavy atom. The van der Waals surface area contributed by atoms with Crippen LogP contribution in [0.25, 0.3) is 0 Å². The number of carbonyl (C=O) groups excluding carboxylic acids is 2. The Morgan fingerprint density at radius 1 is 1.25 bits per heavy atom. The number of thiophene rings is 1. The van der Waals surface area contributed by atoms with Gasteiger partial charge < -0.3 is 5.32 Å². The van der Waals surface area contributed by atoms with Crippen LogP contribution in [0.15, 0.2) is 35.7 Å². The summed E-state index contributed by atoms with van der Waals surface area (Å²) in [7, 11) is 0. The largest absolute Gasteiger partial charge is 0.324 e. The summed E-state index contributed by atoms with van der Waals surface area (Å²) >= 11 is 6.95. The first-order valence-corrected chi connectivity index (χ1v) is 7.13. The van der Waals surface area contributed by atoms with Crippen molar-refractivity contribution >= 4 is 40.3 Å². The highest BCUT2D eigenvalue weighted by Crippen LogP contribution is 2.19. The standard InChI is InChI=1S/C14H11ClFNO2S/c15-9-3-4-11(10(16)8-9)17-14(19)6-5-12(18)13-2-1-7-20-13/h1-4,7-8H,5-6H2,(H,17,19). The molecular weight excluding hydrogens is 301 g/mol. The SMILES string of the molecule is O=C(CCC(=O)c1cccs1)Nc1ccc(Cl)cc1F. The van der Waals surface area contributed by atoms with E-state index in [-0.39, 0.29) is 29.3 Å². The van der Waals surface area contributed by atoms with Crippen LogP contribution >= 0.6 is 22.9 Å². The summed E-state index contributed by atoms with van der Waals surface area (Å²) in [6.07, 6.45) is 0.111. The number of nitrogens with one attached hydrogen (secondary N) is 1. The van der Waals surface area contributed by atoms with E-state index >= 15 is 0 Å². The summed E-state index contributed by atoms with van der Waals surface area (Å²) in [6, 6.07) is 7.48. The van der Waals surface area contributed by atoms with Crippen molar-refractivity contribution < 1.29 is 14.0 Å². The van der Waals surface area contributed by atoms with Crippen molar-refractivity contribution in [2.45, 2.75) is 12.8 Å². The van der Waals surface area contributed by atoms with E-state index in [1.54, 1.807) is 17.5 Å². The molecule has 0 spiro atoms. The Morgan fingerprint density at radius 2 is 2.05 bits per heavy atom. The molecule has 0 fully saturated rings. The maximum atomic E-state index is 13.5. The van der Waals surface area contributed by atoms with E-state index in [0.29, 0.717) is 4.88 Å². The third-order valence-corrected chi connectivity index (χ3v) is 3.73. The molecule has 0 atom stereocenters. The molecule has 1 aromatic heterocycles. The van der Waals surface area contributed by atoms with Crippen LogP contribution in [0.4, 0.5) is 10.1 Å². The van der Waals surface area contributed by atoms with Crippen LogP contribution in [0.1, 0.15) is 22.5 Å². The maximum Gasteiger partial charge on any atom is 0.224 e. The number of hydrogen-bond donors (Lipinski definition) is 1. The predicted octanol–water partition coefficient (Wildman–Crippen LogP) is 4.14. The van der Waals surface area contributed by atoms with Crippen LogP contribution in [-0.4, -0.2) is 11.7 Å². The van der Waals surface area contributed by atoms with Crippen LogP contribution in [0.2, 0.25) is 5.02 Å². The molecular formula is C14H11ClFNO2S. The quantitative estimate of drug-likeness (QED) is 0.843. The summed E-state index contributed by atoms with van der Waals surface area (Å²) in [4.78, 5) is 24.0. The fourth-order valence-electron chi connectivity index (χ4n) is 1.59. The minimum atomic E-state index is -0.601. The Hall–Kier alpha value is -1.72. The zero-order valence-electron chi connectivity index (χ0n) is 10.4. The number of rotatable bonds is 5. The van der Waals surface area contributed by atoms with E-state index in [1.807, 2.05) is 0 Å². The van der Waals surface area contributed by atoms with E-state index in [2.05, 4.69) is 5.32 Å². The molecule has 6 heteroatoms. The number of Topliss-reactive ketones (excluding diaryl/α,β-unsaturated/α-hetero) is 1. The normalized spacial score (nSPS) is 10.3. The van der Waals surface area contributed by atoms with E-state index < -0.39 is 11.7 Å². The van der Waals surface area contributed by atoms with E-state index in [4.69, 9.17) is 11.6 Å². The molecule has 20 heavy (non-hydrogen) atoms. The van der Waals surface area contributed by atoms with Crippen molar-refractivity contribution in [2.24, 2.45) is 0 Å². The number of hydrogen-bond acceptors (Lipinski definition) is 3. The van der Waals surface area contributed by atoms with Crippen molar-refractivity contribution in [3.8, 4) is 0 Å². The minimum absolute atomic E-state index is 0.0127. The Labute approximate surface area is 124 Å². The van der Waals surface area contributed by atoms with Gasteiger partial charge in [-0.2, -0.15) is 0 Å². The van der Waals surface area contributed by atoms with Crippen molar-refractivity contribution in [1.82, 2.24) is 0 Å². The highest BCUT2D eigenvalue weighted by atomic mass is 35.5. The first kappa shape index (κ1) is 14.7. The van der Waals surface area contributed by atoms with Gasteiger partial charge in [0.25, 0.3) is 0 Å². The van der Waals surface area contributed by atoms with Gasteiger partial charge in [-0.3, -0.25) is 9.59 Å². The second-order valence-electron chi connectivity index (χ2n) is 4.07. The molecule has 2 aromatic rings. The maximum absolute atomic E-state index is 13.5. The molecule has 0 aliphatic carbocycles. The molecule has 104 valence electrons. The number of halogens is 2. The number of anilines is 1. The van der Waals surface area contributed by atoms with Gasteiger partial charge in [-0.25, -0.2) is 4.39 Å². The predicted molar refractivity (Wildman–Crippen MR) is 77.9 cm³/mol. The fourth-order valence-corrected chi connectivity index (χ4v) is 2.44. The van der Waals surface area contributed by atoms with E-state index in [0.717, 1.165) is 6.07 Å². The molecule has 1 heterocycles. The molecule has 1 N–H and O–H groups in total. The van der Waals surface area contributed by atoms with E-state index in [9.17, 15) is 14.0 Å². The first-order valence-electron chi connectivity index (χ1n) is 5.88. The second-order valence-corrected chi connectivity index (χ2v) is 5.46. The summed E-state index contributed by atoms with van der Waals surface area (Å²) in [5, 5.41) is 4.48. The Bertz CT molecular complexity index is 628. The average Bonchev–Trinajstić information content (AvgIpc) is 2.93. The zero-order chi connectivity index (χ0) is 14.5. The van der Waals surface area contributed by atoms with E-state index in [1.165, 1.54) is 23.5 Å². The first-order chi connectivity index (χ1) is 9.56. The fraction of sp³-hybridized carbons (Fsp3) is 0.143. The molecule has 0 unspecified atom stereocenters. The van der Waals surface area contributed by atoms with Gasteiger partial charge in [-0.1, -0.05) is 17.7 Å². The van der Waals surface area contributed by atoms with Crippen LogP contribution < -0.4 is 5.32 Å². The molecule has 1 amide bonds. The van der Waals surface area contributed by atoms with Gasteiger partial charge in [0, 0.05) is 17.9 Å². The number of benzene rings is 1. The van der Waals surface area contributed by atoms with Gasteiger partial charge in [-0.05, 0) is 29.6 Å². The number of ketones is 1. The van der Waals surface area contributed by atoms with Crippen molar-refractivity contribution in [3.63, 3.8) is 0 Å². The molecule has 1 aromatic carbocycles. The molecule has 0 aliphatic rings. The third kappa shape index (κ3) is 3.88. The van der Waals surface area contributed by atoms with Gasteiger partial charge in [0.1, 0.15) is 5.82 Å².